The molecule has 0 heterocycles. The molecule has 0 atom stereocenters. The van der Waals surface area contributed by atoms with Gasteiger partial charge in [-0.1, -0.05) is 260 Å². The van der Waals surface area contributed by atoms with Crippen LogP contribution in [0.2, 0.25) is 0 Å². The lowest BCUT2D eigenvalue weighted by Crippen LogP contribution is -2.16. The van der Waals surface area contributed by atoms with Gasteiger partial charge in [-0.2, -0.15) is 0 Å². The highest BCUT2D eigenvalue weighted by Crippen LogP contribution is 2.54. The maximum atomic E-state index is 2.43. The third-order valence-corrected chi connectivity index (χ3v) is 19.5. The van der Waals surface area contributed by atoms with Crippen LogP contribution in [-0.4, -0.2) is 0 Å². The molecule has 12 aromatic rings. The van der Waals surface area contributed by atoms with E-state index in [0.717, 1.165) is 34.1 Å². The fourth-order valence-electron chi connectivity index (χ4n) is 14.7. The van der Waals surface area contributed by atoms with Gasteiger partial charge in [0.1, 0.15) is 0 Å². The standard InChI is InChI=1S/C87H72N2/c1-57-19-15-27-67(47-57)88(69-29-17-25-65(53-69)63-21-11-9-12-22-63)71-39-45-77-75-43-37-61(51-81(75)86(5,6)83(77)55-71)33-31-59-35-41-73-74-42-36-60(50-80(74)85(3,4)79(73)49-59)32-34-62-38-44-76-78-46-40-72(56-84(78)87(7,8)82(76)52-62)89(68-28-16-20-58(2)48-68)70-30-18-26-66(54-70)64-23-13-10-14-24-64/h9-56H,1-8H3. The number of nitrogens with zero attached hydrogens (tertiary/aromatic N) is 2. The summed E-state index contributed by atoms with van der Waals surface area (Å²) >= 11 is 0. The van der Waals surface area contributed by atoms with Gasteiger partial charge in [0.05, 0.1) is 0 Å². The summed E-state index contributed by atoms with van der Waals surface area (Å²) in [6.45, 7) is 18.7. The summed E-state index contributed by atoms with van der Waals surface area (Å²) in [4.78, 5) is 4.83. The molecule has 0 saturated carbocycles. The molecular weight excluding hydrogens is 1070 g/mol. The Balaban J connectivity index is 0.663. The Labute approximate surface area is 526 Å². The van der Waals surface area contributed by atoms with E-state index < -0.39 is 0 Å². The van der Waals surface area contributed by atoms with Crippen LogP contribution in [0.15, 0.2) is 267 Å². The van der Waals surface area contributed by atoms with Gasteiger partial charge in [0.2, 0.25) is 0 Å². The maximum Gasteiger partial charge on any atom is 0.0467 e. The van der Waals surface area contributed by atoms with Gasteiger partial charge < -0.3 is 9.80 Å². The second kappa shape index (κ2) is 21.5. The lowest BCUT2D eigenvalue weighted by Gasteiger charge is -2.28. The Morgan fingerprint density at radius 3 is 0.798 bits per heavy atom. The van der Waals surface area contributed by atoms with E-state index in [9.17, 15) is 0 Å². The molecule has 0 N–H and O–H groups in total. The molecule has 0 aliphatic heterocycles. The second-order valence-corrected chi connectivity index (χ2v) is 26.4. The maximum absolute atomic E-state index is 2.43. The minimum atomic E-state index is -0.202. The number of aryl methyl sites for hydroxylation is 2. The van der Waals surface area contributed by atoms with Crippen molar-refractivity contribution in [2.24, 2.45) is 0 Å². The first-order valence-corrected chi connectivity index (χ1v) is 31.4. The van der Waals surface area contributed by atoms with Crippen molar-refractivity contribution in [3.63, 3.8) is 0 Å². The summed E-state index contributed by atoms with van der Waals surface area (Å²) in [5.74, 6) is 0. The van der Waals surface area contributed by atoms with Crippen LogP contribution >= 0.6 is 0 Å². The summed E-state index contributed by atoms with van der Waals surface area (Å²) in [6, 6.07) is 99.3. The first-order chi connectivity index (χ1) is 43.1. The normalized spacial score (nSPS) is 14.2. The fraction of sp³-hybridized carbons (Fsp3) is 0.126. The van der Waals surface area contributed by atoms with E-state index in [2.05, 4.69) is 356 Å². The largest absolute Gasteiger partial charge is 0.310 e. The van der Waals surface area contributed by atoms with Crippen LogP contribution in [0.4, 0.5) is 34.1 Å². The summed E-state index contributed by atoms with van der Waals surface area (Å²) in [6.07, 6.45) is 9.20. The molecule has 0 spiro atoms. The molecule has 0 radical (unpaired) electrons. The minimum Gasteiger partial charge on any atom is -0.310 e. The van der Waals surface area contributed by atoms with E-state index in [-0.39, 0.29) is 16.2 Å². The predicted octanol–water partition coefficient (Wildman–Crippen LogP) is 23.8. The van der Waals surface area contributed by atoms with Crippen LogP contribution in [0.25, 0.3) is 79.9 Å². The van der Waals surface area contributed by atoms with Crippen molar-refractivity contribution in [1.82, 2.24) is 0 Å². The highest BCUT2D eigenvalue weighted by atomic mass is 15.1. The molecule has 0 unspecified atom stereocenters. The quantitative estimate of drug-likeness (QED) is 0.113. The average molecular weight is 1150 g/mol. The molecule has 2 heteroatoms. The third kappa shape index (κ3) is 9.76. The molecule has 2 nitrogen and oxygen atoms in total. The van der Waals surface area contributed by atoms with Gasteiger partial charge in [-0.05, 0) is 209 Å². The van der Waals surface area contributed by atoms with Crippen molar-refractivity contribution < 1.29 is 0 Å². The van der Waals surface area contributed by atoms with Crippen molar-refractivity contribution in [2.75, 3.05) is 9.80 Å². The molecule has 3 aliphatic carbocycles. The van der Waals surface area contributed by atoms with Crippen LogP contribution in [0.3, 0.4) is 0 Å². The number of fused-ring (bicyclic) bond motifs is 9. The van der Waals surface area contributed by atoms with E-state index in [0.29, 0.717) is 0 Å². The summed E-state index contributed by atoms with van der Waals surface area (Å²) in [7, 11) is 0. The molecule has 89 heavy (non-hydrogen) atoms. The van der Waals surface area contributed by atoms with Gasteiger partial charge in [-0.25, -0.2) is 0 Å². The van der Waals surface area contributed by atoms with E-state index in [1.165, 1.54) is 122 Å². The van der Waals surface area contributed by atoms with Gasteiger partial charge in [-0.15, -0.1) is 0 Å². The monoisotopic (exact) mass is 1140 g/mol. The Bertz CT molecular complexity index is 4530. The van der Waals surface area contributed by atoms with Crippen LogP contribution in [0, 0.1) is 13.8 Å². The Hall–Kier alpha value is -10.3. The van der Waals surface area contributed by atoms with Crippen LogP contribution in [0.1, 0.15) is 108 Å². The van der Waals surface area contributed by atoms with Gasteiger partial charge in [0, 0.05) is 50.4 Å². The van der Waals surface area contributed by atoms with Gasteiger partial charge in [0.25, 0.3) is 0 Å². The zero-order chi connectivity index (χ0) is 60.8. The zero-order valence-corrected chi connectivity index (χ0v) is 52.1. The highest BCUT2D eigenvalue weighted by Gasteiger charge is 2.39. The Morgan fingerprint density at radius 2 is 0.483 bits per heavy atom. The molecule has 0 saturated heterocycles. The Kier molecular flexibility index (Phi) is 13.4. The van der Waals surface area contributed by atoms with Crippen molar-refractivity contribution in [3.05, 3.63) is 334 Å². The molecule has 0 fully saturated rings. The van der Waals surface area contributed by atoms with E-state index >= 15 is 0 Å². The predicted molar refractivity (Wildman–Crippen MR) is 380 cm³/mol. The van der Waals surface area contributed by atoms with E-state index in [4.69, 9.17) is 0 Å². The van der Waals surface area contributed by atoms with Crippen molar-refractivity contribution in [1.29, 1.82) is 0 Å². The summed E-state index contributed by atoms with van der Waals surface area (Å²) in [5, 5.41) is 0. The molecule has 0 amide bonds. The van der Waals surface area contributed by atoms with E-state index in [1.54, 1.807) is 0 Å². The summed E-state index contributed by atoms with van der Waals surface area (Å²) in [5.41, 5.74) is 34.5. The smallest absolute Gasteiger partial charge is 0.0467 e. The molecule has 0 aromatic heterocycles. The highest BCUT2D eigenvalue weighted by molar-refractivity contribution is 5.91. The molecule has 0 bridgehead atoms. The molecule has 15 rings (SSSR count). The number of anilines is 6. The number of hydrogen-bond acceptors (Lipinski definition) is 2. The lowest BCUT2D eigenvalue weighted by atomic mass is 9.81. The number of hydrogen-bond donors (Lipinski definition) is 0. The SMILES string of the molecule is Cc1cccc(N(c2cccc(-c3ccccc3)c2)c2ccc3c(c2)C(C)(C)c2cc(C=Cc4ccc5c(c4)C(C)(C)c4cc(C=Cc6ccc7c(c6)C(C)(C)c6cc(N(c8cccc(C)c8)c8cccc(-c9ccccc9)c8)ccc6-7)ccc4-5)ccc2-3)c1. The van der Waals surface area contributed by atoms with Crippen LogP contribution < -0.4 is 9.80 Å². The fourth-order valence-corrected chi connectivity index (χ4v) is 14.7. The van der Waals surface area contributed by atoms with E-state index in [1.807, 2.05) is 0 Å². The van der Waals surface area contributed by atoms with Crippen molar-refractivity contribution in [2.45, 2.75) is 71.6 Å². The number of benzene rings is 12. The molecule has 3 aliphatic rings. The van der Waals surface area contributed by atoms with Gasteiger partial charge >= 0.3 is 0 Å². The minimum absolute atomic E-state index is 0.165. The lowest BCUT2D eigenvalue weighted by molar-refractivity contribution is 0.660. The van der Waals surface area contributed by atoms with Crippen LogP contribution in [-0.2, 0) is 16.2 Å². The van der Waals surface area contributed by atoms with Crippen LogP contribution in [0.5, 0.6) is 0 Å². The number of rotatable bonds is 12. The second-order valence-electron chi connectivity index (χ2n) is 26.4. The van der Waals surface area contributed by atoms with Crippen molar-refractivity contribution in [3.8, 4) is 55.6 Å². The third-order valence-electron chi connectivity index (χ3n) is 19.5. The molecule has 12 aromatic carbocycles. The molecule has 430 valence electrons. The summed E-state index contributed by atoms with van der Waals surface area (Å²) < 4.78 is 0. The topological polar surface area (TPSA) is 6.48 Å². The first kappa shape index (κ1) is 55.3. The average Bonchev–Trinajstić information content (AvgIpc) is 1.77. The first-order valence-electron chi connectivity index (χ1n) is 31.4. The van der Waals surface area contributed by atoms with Gasteiger partial charge in [0.15, 0.2) is 0 Å². The van der Waals surface area contributed by atoms with Gasteiger partial charge in [-0.3, -0.25) is 0 Å². The Morgan fingerprint density at radius 1 is 0.225 bits per heavy atom. The zero-order valence-electron chi connectivity index (χ0n) is 52.1. The molecular formula is C87H72N2. The van der Waals surface area contributed by atoms with Crippen molar-refractivity contribution >= 4 is 58.4 Å².